The first kappa shape index (κ1) is 45.0. The van der Waals surface area contributed by atoms with E-state index in [2.05, 4.69) is 13.8 Å². The van der Waals surface area contributed by atoms with Crippen molar-refractivity contribution in [2.24, 2.45) is 5.92 Å². The first-order valence-corrected chi connectivity index (χ1v) is 20.4. The topological polar surface area (TPSA) is 103 Å². The molecular weight excluding hydrogens is 554 g/mol. The van der Waals surface area contributed by atoms with Crippen LogP contribution in [0.2, 0.25) is 0 Å². The van der Waals surface area contributed by atoms with Crippen molar-refractivity contribution < 1.29 is 17.2 Å². The minimum absolute atomic E-state index is 0. The van der Waals surface area contributed by atoms with E-state index in [1.54, 1.807) is 0 Å². The summed E-state index contributed by atoms with van der Waals surface area (Å²) in [6.45, 7) is 6.48. The fourth-order valence-electron chi connectivity index (χ4n) is 6.45. The summed E-state index contributed by atoms with van der Waals surface area (Å²) >= 11 is 0. The SMILES string of the molecule is CCCCCCCCCCCCCCCCC(CCCCCCCCCCCCCCCC)CC(CC)OS(=O)(=O)[O-].[NH4+]. The van der Waals surface area contributed by atoms with Crippen molar-refractivity contribution in [2.75, 3.05) is 0 Å². The Morgan fingerprint density at radius 2 is 0.721 bits per heavy atom. The standard InChI is InChI=1S/C37H76O4S.H3N/c1-4-7-9-11-13-15-17-19-21-23-25-27-29-31-33-36(35-37(6-3)41-42(38,39)40)34-32-30-28-26-24-22-20-18-16-14-12-10-8-5-2;/h36-37H,4-35H2,1-3H3,(H,38,39,40);1H3. The molecule has 0 heterocycles. The van der Waals surface area contributed by atoms with E-state index >= 15 is 0 Å². The van der Waals surface area contributed by atoms with Crippen LogP contribution in [0.15, 0.2) is 0 Å². The maximum atomic E-state index is 11.2. The predicted octanol–water partition coefficient (Wildman–Crippen LogP) is 13.4. The van der Waals surface area contributed by atoms with Crippen LogP contribution in [0.1, 0.15) is 226 Å². The van der Waals surface area contributed by atoms with E-state index in [0.717, 1.165) is 12.8 Å². The lowest BCUT2D eigenvalue weighted by molar-refractivity contribution is 0.140. The molecule has 0 aromatic carbocycles. The number of quaternary nitrogens is 1. The fourth-order valence-corrected chi connectivity index (χ4v) is 7.00. The molecule has 0 rings (SSSR count). The molecule has 0 saturated carbocycles. The van der Waals surface area contributed by atoms with Gasteiger partial charge in [-0.05, 0) is 18.8 Å². The quantitative estimate of drug-likeness (QED) is 0.0426. The second-order valence-corrected chi connectivity index (χ2v) is 14.4. The molecule has 0 fully saturated rings. The Hall–Kier alpha value is -0.170. The van der Waals surface area contributed by atoms with Crippen molar-refractivity contribution in [1.82, 2.24) is 6.15 Å². The Bertz CT molecular complexity index is 596. The highest BCUT2D eigenvalue weighted by molar-refractivity contribution is 7.80. The highest BCUT2D eigenvalue weighted by Gasteiger charge is 2.18. The molecule has 0 aromatic heterocycles. The van der Waals surface area contributed by atoms with Gasteiger partial charge in [-0.2, -0.15) is 0 Å². The van der Waals surface area contributed by atoms with Gasteiger partial charge in [-0.1, -0.05) is 213 Å². The van der Waals surface area contributed by atoms with Crippen LogP contribution in [0.25, 0.3) is 0 Å². The number of rotatable bonds is 35. The molecule has 0 aromatic rings. The molecule has 0 aliphatic rings. The summed E-state index contributed by atoms with van der Waals surface area (Å²) < 4.78 is 38.5. The van der Waals surface area contributed by atoms with Crippen molar-refractivity contribution >= 4 is 10.4 Å². The third-order valence-corrected chi connectivity index (χ3v) is 9.75. The molecule has 0 saturated heterocycles. The van der Waals surface area contributed by atoms with E-state index < -0.39 is 16.5 Å². The van der Waals surface area contributed by atoms with Crippen LogP contribution in [0.3, 0.4) is 0 Å². The summed E-state index contributed by atoms with van der Waals surface area (Å²) in [5.74, 6) is 0.464. The summed E-state index contributed by atoms with van der Waals surface area (Å²) in [5.41, 5.74) is 0. The monoisotopic (exact) mass is 634 g/mol. The van der Waals surface area contributed by atoms with Crippen LogP contribution in [0.4, 0.5) is 0 Å². The van der Waals surface area contributed by atoms with Crippen LogP contribution in [0.5, 0.6) is 0 Å². The van der Waals surface area contributed by atoms with Crippen LogP contribution >= 0.6 is 0 Å². The van der Waals surface area contributed by atoms with Gasteiger partial charge in [0, 0.05) is 0 Å². The smallest absolute Gasteiger partial charge is 0.217 e. The van der Waals surface area contributed by atoms with Crippen molar-refractivity contribution in [3.63, 3.8) is 0 Å². The fraction of sp³-hybridized carbons (Fsp3) is 1.00. The van der Waals surface area contributed by atoms with E-state index in [1.165, 1.54) is 180 Å². The lowest BCUT2D eigenvalue weighted by atomic mass is 9.89. The Morgan fingerprint density at radius 1 is 0.465 bits per heavy atom. The molecule has 0 bridgehead atoms. The maximum Gasteiger partial charge on any atom is 0.217 e. The molecule has 0 aliphatic carbocycles. The Labute approximate surface area is 271 Å². The normalized spacial score (nSPS) is 12.6. The Kier molecular flexibility index (Phi) is 36.3. The molecule has 1 atom stereocenters. The largest absolute Gasteiger partial charge is 0.726 e. The minimum atomic E-state index is -4.63. The average Bonchev–Trinajstić information content (AvgIpc) is 2.96. The molecule has 4 N–H and O–H groups in total. The summed E-state index contributed by atoms with van der Waals surface area (Å²) in [6.07, 6.45) is 41.3. The third kappa shape index (κ3) is 36.2. The van der Waals surface area contributed by atoms with E-state index in [1.807, 2.05) is 6.92 Å². The van der Waals surface area contributed by atoms with Gasteiger partial charge in [0.1, 0.15) is 0 Å². The number of hydrogen-bond donors (Lipinski definition) is 1. The lowest BCUT2D eigenvalue weighted by Gasteiger charge is -2.24. The summed E-state index contributed by atoms with van der Waals surface area (Å²) in [6, 6.07) is 0. The summed E-state index contributed by atoms with van der Waals surface area (Å²) in [7, 11) is -4.63. The van der Waals surface area contributed by atoms with Gasteiger partial charge < -0.3 is 10.7 Å². The molecule has 0 spiro atoms. The summed E-state index contributed by atoms with van der Waals surface area (Å²) in [4.78, 5) is 0. The van der Waals surface area contributed by atoms with E-state index in [0.29, 0.717) is 18.8 Å². The molecule has 262 valence electrons. The number of unbranched alkanes of at least 4 members (excludes halogenated alkanes) is 26. The molecule has 0 aliphatic heterocycles. The molecule has 43 heavy (non-hydrogen) atoms. The van der Waals surface area contributed by atoms with Gasteiger partial charge in [0.05, 0.1) is 6.10 Å². The molecule has 1 unspecified atom stereocenters. The zero-order chi connectivity index (χ0) is 31.0. The first-order valence-electron chi connectivity index (χ1n) is 19.1. The first-order chi connectivity index (χ1) is 20.4. The van der Waals surface area contributed by atoms with Gasteiger partial charge in [-0.15, -0.1) is 0 Å². The molecule has 5 nitrogen and oxygen atoms in total. The zero-order valence-corrected chi connectivity index (χ0v) is 30.6. The highest BCUT2D eigenvalue weighted by Crippen LogP contribution is 2.26. The molecule has 0 amide bonds. The van der Waals surface area contributed by atoms with Crippen molar-refractivity contribution in [2.45, 2.75) is 232 Å². The van der Waals surface area contributed by atoms with Crippen LogP contribution in [-0.4, -0.2) is 19.1 Å². The van der Waals surface area contributed by atoms with Gasteiger partial charge in [-0.3, -0.25) is 4.18 Å². The van der Waals surface area contributed by atoms with Gasteiger partial charge in [-0.25, -0.2) is 8.42 Å². The van der Waals surface area contributed by atoms with E-state index in [9.17, 15) is 13.0 Å². The van der Waals surface area contributed by atoms with Crippen molar-refractivity contribution in [3.05, 3.63) is 0 Å². The predicted molar refractivity (Wildman–Crippen MR) is 189 cm³/mol. The Balaban J connectivity index is 0. The van der Waals surface area contributed by atoms with Gasteiger partial charge in [0.15, 0.2) is 0 Å². The zero-order valence-electron chi connectivity index (χ0n) is 29.8. The van der Waals surface area contributed by atoms with Crippen LogP contribution in [0, 0.1) is 5.92 Å². The second kappa shape index (κ2) is 34.7. The molecule has 0 radical (unpaired) electrons. The van der Waals surface area contributed by atoms with Gasteiger partial charge in [0.25, 0.3) is 0 Å². The minimum Gasteiger partial charge on any atom is -0.726 e. The third-order valence-electron chi connectivity index (χ3n) is 9.24. The maximum absolute atomic E-state index is 11.2. The van der Waals surface area contributed by atoms with Crippen LogP contribution < -0.4 is 6.15 Å². The second-order valence-electron chi connectivity index (χ2n) is 13.4. The van der Waals surface area contributed by atoms with Gasteiger partial charge in [0.2, 0.25) is 10.4 Å². The van der Waals surface area contributed by atoms with E-state index in [-0.39, 0.29) is 6.15 Å². The van der Waals surface area contributed by atoms with Gasteiger partial charge >= 0.3 is 0 Å². The average molecular weight is 634 g/mol. The number of hydrogen-bond acceptors (Lipinski definition) is 4. The molecular formula is C37H79NO4S. The van der Waals surface area contributed by atoms with Crippen LogP contribution in [-0.2, 0) is 14.6 Å². The van der Waals surface area contributed by atoms with Crippen molar-refractivity contribution in [3.8, 4) is 0 Å². The summed E-state index contributed by atoms with van der Waals surface area (Å²) in [5, 5.41) is 0. The highest BCUT2D eigenvalue weighted by atomic mass is 32.3. The lowest BCUT2D eigenvalue weighted by Crippen LogP contribution is -2.21. The molecule has 6 heteroatoms. The Morgan fingerprint density at radius 3 is 0.953 bits per heavy atom. The van der Waals surface area contributed by atoms with E-state index in [4.69, 9.17) is 4.18 Å². The van der Waals surface area contributed by atoms with Crippen molar-refractivity contribution in [1.29, 1.82) is 0 Å².